The highest BCUT2D eigenvalue weighted by atomic mass is 79.9. The largest absolute Gasteiger partial charge is 0.338 e. The SMILES string of the molecule is O=C(NCCC1CCCCC1)NCc1ccccc1Br. The first-order valence-corrected chi connectivity index (χ1v) is 8.30. The van der Waals surface area contributed by atoms with E-state index in [4.69, 9.17) is 0 Å². The van der Waals surface area contributed by atoms with Gasteiger partial charge in [-0.3, -0.25) is 0 Å². The molecule has 0 bridgehead atoms. The first-order chi connectivity index (χ1) is 9.75. The maximum absolute atomic E-state index is 11.7. The third-order valence-electron chi connectivity index (χ3n) is 3.96. The lowest BCUT2D eigenvalue weighted by atomic mass is 9.87. The Kier molecular flexibility index (Phi) is 6.37. The normalized spacial score (nSPS) is 15.8. The highest BCUT2D eigenvalue weighted by Gasteiger charge is 2.13. The number of hydrogen-bond donors (Lipinski definition) is 2. The van der Waals surface area contributed by atoms with Crippen LogP contribution in [0.4, 0.5) is 4.79 Å². The molecule has 0 unspecified atom stereocenters. The molecule has 1 aliphatic carbocycles. The van der Waals surface area contributed by atoms with Gasteiger partial charge >= 0.3 is 6.03 Å². The van der Waals surface area contributed by atoms with Gasteiger partial charge in [0.05, 0.1) is 0 Å². The number of benzene rings is 1. The molecule has 2 N–H and O–H groups in total. The fourth-order valence-electron chi connectivity index (χ4n) is 2.75. The Bertz CT molecular complexity index is 430. The molecule has 2 amide bonds. The molecule has 1 aliphatic rings. The van der Waals surface area contributed by atoms with Crippen molar-refractivity contribution < 1.29 is 4.79 Å². The first-order valence-electron chi connectivity index (χ1n) is 7.51. The van der Waals surface area contributed by atoms with Gasteiger partial charge in [0, 0.05) is 17.6 Å². The standard InChI is InChI=1S/C16H23BrN2O/c17-15-9-5-4-8-14(15)12-19-16(20)18-11-10-13-6-2-1-3-7-13/h4-5,8-9,13H,1-3,6-7,10-12H2,(H2,18,19,20). The van der Waals surface area contributed by atoms with E-state index in [0.717, 1.165) is 28.9 Å². The molecule has 2 rings (SSSR count). The second kappa shape index (κ2) is 8.30. The zero-order valence-corrected chi connectivity index (χ0v) is 13.4. The molecule has 1 aromatic carbocycles. The van der Waals surface area contributed by atoms with Crippen LogP contribution in [0, 0.1) is 5.92 Å². The topological polar surface area (TPSA) is 41.1 Å². The maximum atomic E-state index is 11.7. The van der Waals surface area contributed by atoms with E-state index in [0.29, 0.717) is 6.54 Å². The van der Waals surface area contributed by atoms with Gasteiger partial charge in [0.1, 0.15) is 0 Å². The molecule has 3 nitrogen and oxygen atoms in total. The van der Waals surface area contributed by atoms with Crippen molar-refractivity contribution in [3.05, 3.63) is 34.3 Å². The van der Waals surface area contributed by atoms with Crippen molar-refractivity contribution in [3.8, 4) is 0 Å². The second-order valence-corrected chi connectivity index (χ2v) is 6.35. The number of carbonyl (C=O) groups excluding carboxylic acids is 1. The number of urea groups is 1. The van der Waals surface area contributed by atoms with Gasteiger partial charge in [-0.25, -0.2) is 4.79 Å². The van der Waals surface area contributed by atoms with Gasteiger partial charge in [-0.2, -0.15) is 0 Å². The summed E-state index contributed by atoms with van der Waals surface area (Å²) in [6.07, 6.45) is 7.89. The lowest BCUT2D eigenvalue weighted by Crippen LogP contribution is -2.36. The molecule has 0 aliphatic heterocycles. The molecule has 0 atom stereocenters. The third kappa shape index (κ3) is 5.16. The first kappa shape index (κ1) is 15.4. The predicted octanol–water partition coefficient (Wildman–Crippen LogP) is 4.22. The Morgan fingerprint density at radius 2 is 1.90 bits per heavy atom. The van der Waals surface area contributed by atoms with Crippen molar-refractivity contribution in [1.82, 2.24) is 10.6 Å². The number of hydrogen-bond acceptors (Lipinski definition) is 1. The van der Waals surface area contributed by atoms with Crippen LogP contribution in [0.1, 0.15) is 44.1 Å². The number of nitrogens with one attached hydrogen (secondary N) is 2. The minimum absolute atomic E-state index is 0.0726. The summed E-state index contributed by atoms with van der Waals surface area (Å²) in [5, 5.41) is 5.85. The van der Waals surface area contributed by atoms with Crippen molar-refractivity contribution in [2.75, 3.05) is 6.54 Å². The van der Waals surface area contributed by atoms with Crippen molar-refractivity contribution in [2.45, 2.75) is 45.1 Å². The van der Waals surface area contributed by atoms with Crippen LogP contribution >= 0.6 is 15.9 Å². The van der Waals surface area contributed by atoms with Crippen LogP contribution in [0.3, 0.4) is 0 Å². The highest BCUT2D eigenvalue weighted by molar-refractivity contribution is 9.10. The Hall–Kier alpha value is -1.03. The summed E-state index contributed by atoms with van der Waals surface area (Å²) in [6, 6.07) is 7.86. The van der Waals surface area contributed by atoms with Gasteiger partial charge in [-0.1, -0.05) is 66.2 Å². The number of rotatable bonds is 5. The van der Waals surface area contributed by atoms with Crippen LogP contribution in [0.25, 0.3) is 0 Å². The molecule has 1 aromatic rings. The van der Waals surface area contributed by atoms with Crippen molar-refractivity contribution in [3.63, 3.8) is 0 Å². The van der Waals surface area contributed by atoms with Crippen molar-refractivity contribution in [2.24, 2.45) is 5.92 Å². The van der Waals surface area contributed by atoms with Crippen molar-refractivity contribution in [1.29, 1.82) is 0 Å². The zero-order chi connectivity index (χ0) is 14.2. The van der Waals surface area contributed by atoms with Gasteiger partial charge in [0.2, 0.25) is 0 Å². The molecule has 4 heteroatoms. The smallest absolute Gasteiger partial charge is 0.315 e. The molecule has 0 saturated heterocycles. The fraction of sp³-hybridized carbons (Fsp3) is 0.562. The van der Waals surface area contributed by atoms with E-state index >= 15 is 0 Å². The van der Waals surface area contributed by atoms with Gasteiger partial charge in [0.15, 0.2) is 0 Å². The average Bonchev–Trinajstić information content (AvgIpc) is 2.47. The average molecular weight is 339 g/mol. The molecule has 110 valence electrons. The number of carbonyl (C=O) groups is 1. The molecular formula is C16H23BrN2O. The summed E-state index contributed by atoms with van der Waals surface area (Å²) in [7, 11) is 0. The molecule has 1 fully saturated rings. The minimum atomic E-state index is -0.0726. The van der Waals surface area contributed by atoms with Gasteiger partial charge in [-0.15, -0.1) is 0 Å². The Morgan fingerprint density at radius 1 is 1.15 bits per heavy atom. The molecule has 0 spiro atoms. The fourth-order valence-corrected chi connectivity index (χ4v) is 3.17. The van der Waals surface area contributed by atoms with E-state index in [1.807, 2.05) is 24.3 Å². The van der Waals surface area contributed by atoms with Gasteiger partial charge < -0.3 is 10.6 Å². The Labute approximate surface area is 129 Å². The van der Waals surface area contributed by atoms with Crippen LogP contribution in [0.15, 0.2) is 28.7 Å². The summed E-state index contributed by atoms with van der Waals surface area (Å²) >= 11 is 3.48. The lowest BCUT2D eigenvalue weighted by molar-refractivity contribution is 0.238. The van der Waals surface area contributed by atoms with Crippen molar-refractivity contribution >= 4 is 22.0 Å². The van der Waals surface area contributed by atoms with E-state index in [1.165, 1.54) is 32.1 Å². The van der Waals surface area contributed by atoms with E-state index < -0.39 is 0 Å². The molecule has 20 heavy (non-hydrogen) atoms. The van der Waals surface area contributed by atoms with Crippen LogP contribution in [0.5, 0.6) is 0 Å². The monoisotopic (exact) mass is 338 g/mol. The zero-order valence-electron chi connectivity index (χ0n) is 11.8. The van der Waals surface area contributed by atoms with E-state index in [2.05, 4.69) is 26.6 Å². The molecular weight excluding hydrogens is 316 g/mol. The van der Waals surface area contributed by atoms with Gasteiger partial charge in [0.25, 0.3) is 0 Å². The molecule has 0 heterocycles. The Morgan fingerprint density at radius 3 is 2.65 bits per heavy atom. The quantitative estimate of drug-likeness (QED) is 0.829. The summed E-state index contributed by atoms with van der Waals surface area (Å²) in [5.74, 6) is 0.812. The molecule has 1 saturated carbocycles. The summed E-state index contributed by atoms with van der Waals surface area (Å²) in [5.41, 5.74) is 1.09. The predicted molar refractivity (Wildman–Crippen MR) is 85.6 cm³/mol. The summed E-state index contributed by atoms with van der Waals surface area (Å²) in [6.45, 7) is 1.34. The number of amides is 2. The van der Waals surface area contributed by atoms with E-state index in [-0.39, 0.29) is 6.03 Å². The van der Waals surface area contributed by atoms with E-state index in [1.54, 1.807) is 0 Å². The van der Waals surface area contributed by atoms with E-state index in [9.17, 15) is 4.79 Å². The van der Waals surface area contributed by atoms with Crippen LogP contribution < -0.4 is 10.6 Å². The minimum Gasteiger partial charge on any atom is -0.338 e. The van der Waals surface area contributed by atoms with Crippen LogP contribution in [0.2, 0.25) is 0 Å². The third-order valence-corrected chi connectivity index (χ3v) is 4.73. The highest BCUT2D eigenvalue weighted by Crippen LogP contribution is 2.25. The number of halogens is 1. The van der Waals surface area contributed by atoms with Gasteiger partial charge in [-0.05, 0) is 24.0 Å². The maximum Gasteiger partial charge on any atom is 0.315 e. The molecule has 0 aromatic heterocycles. The summed E-state index contributed by atoms with van der Waals surface area (Å²) in [4.78, 5) is 11.7. The van der Waals surface area contributed by atoms with Crippen LogP contribution in [-0.2, 0) is 6.54 Å². The Balaban J connectivity index is 1.62. The van der Waals surface area contributed by atoms with Crippen LogP contribution in [-0.4, -0.2) is 12.6 Å². The summed E-state index contributed by atoms with van der Waals surface area (Å²) < 4.78 is 1.03. The lowest BCUT2D eigenvalue weighted by Gasteiger charge is -2.21. The molecule has 0 radical (unpaired) electrons. The second-order valence-electron chi connectivity index (χ2n) is 5.49.